The lowest BCUT2D eigenvalue weighted by Gasteiger charge is -2.13. The van der Waals surface area contributed by atoms with Crippen molar-refractivity contribution in [3.63, 3.8) is 0 Å². The van der Waals surface area contributed by atoms with E-state index in [4.69, 9.17) is 5.11 Å². The number of amides is 1. The SMILES string of the molecule is C=CCC(NC(=O)c1cc(C)c(F)cc1F)C(=O)O. The molecule has 0 saturated heterocycles. The van der Waals surface area contributed by atoms with Gasteiger partial charge in [0.1, 0.15) is 17.7 Å². The highest BCUT2D eigenvalue weighted by Gasteiger charge is 2.21. The van der Waals surface area contributed by atoms with Gasteiger partial charge in [0, 0.05) is 6.07 Å². The Morgan fingerprint density at radius 1 is 1.42 bits per heavy atom. The molecule has 1 aromatic carbocycles. The molecule has 0 heterocycles. The Hall–Kier alpha value is -2.24. The van der Waals surface area contributed by atoms with E-state index in [-0.39, 0.29) is 12.0 Å². The molecule has 0 radical (unpaired) electrons. The van der Waals surface area contributed by atoms with Crippen molar-refractivity contribution in [2.75, 3.05) is 0 Å². The van der Waals surface area contributed by atoms with Crippen molar-refractivity contribution in [3.8, 4) is 0 Å². The second kappa shape index (κ2) is 6.08. The molecule has 102 valence electrons. The minimum atomic E-state index is -1.26. The topological polar surface area (TPSA) is 66.4 Å². The van der Waals surface area contributed by atoms with E-state index in [1.165, 1.54) is 13.0 Å². The predicted molar refractivity (Wildman–Crippen MR) is 64.8 cm³/mol. The molecule has 0 fully saturated rings. The number of halogens is 2. The summed E-state index contributed by atoms with van der Waals surface area (Å²) in [6.07, 6.45) is 1.33. The highest BCUT2D eigenvalue weighted by Crippen LogP contribution is 2.14. The molecule has 2 N–H and O–H groups in total. The molecule has 4 nitrogen and oxygen atoms in total. The number of carboxylic acid groups (broad SMARTS) is 1. The van der Waals surface area contributed by atoms with Gasteiger partial charge in [-0.2, -0.15) is 0 Å². The van der Waals surface area contributed by atoms with E-state index < -0.39 is 35.1 Å². The molecular formula is C13H13F2NO3. The van der Waals surface area contributed by atoms with Crippen molar-refractivity contribution in [3.05, 3.63) is 47.5 Å². The van der Waals surface area contributed by atoms with Crippen LogP contribution in [-0.4, -0.2) is 23.0 Å². The number of hydrogen-bond acceptors (Lipinski definition) is 2. The Labute approximate surface area is 108 Å². The summed E-state index contributed by atoms with van der Waals surface area (Å²) in [6.45, 7) is 4.75. The first-order valence-corrected chi connectivity index (χ1v) is 5.47. The second-order valence-corrected chi connectivity index (χ2v) is 3.97. The van der Waals surface area contributed by atoms with E-state index >= 15 is 0 Å². The van der Waals surface area contributed by atoms with Crippen LogP contribution in [0.5, 0.6) is 0 Å². The monoisotopic (exact) mass is 269 g/mol. The van der Waals surface area contributed by atoms with Gasteiger partial charge in [-0.1, -0.05) is 6.08 Å². The molecule has 0 bridgehead atoms. The fourth-order valence-electron chi connectivity index (χ4n) is 1.46. The van der Waals surface area contributed by atoms with Gasteiger partial charge < -0.3 is 10.4 Å². The summed E-state index contributed by atoms with van der Waals surface area (Å²) in [4.78, 5) is 22.6. The maximum Gasteiger partial charge on any atom is 0.326 e. The van der Waals surface area contributed by atoms with Gasteiger partial charge in [-0.25, -0.2) is 13.6 Å². The normalized spacial score (nSPS) is 11.7. The van der Waals surface area contributed by atoms with Crippen LogP contribution in [-0.2, 0) is 4.79 Å². The molecule has 1 atom stereocenters. The molecule has 0 aliphatic heterocycles. The lowest BCUT2D eigenvalue weighted by Crippen LogP contribution is -2.40. The number of nitrogens with one attached hydrogen (secondary N) is 1. The van der Waals surface area contributed by atoms with Gasteiger partial charge in [0.05, 0.1) is 5.56 Å². The molecule has 6 heteroatoms. The summed E-state index contributed by atoms with van der Waals surface area (Å²) in [7, 11) is 0. The molecule has 0 aliphatic rings. The molecule has 1 rings (SSSR count). The summed E-state index contributed by atoms with van der Waals surface area (Å²) in [5.74, 6) is -3.97. The number of carbonyl (C=O) groups excluding carboxylic acids is 1. The van der Waals surface area contributed by atoms with E-state index in [0.29, 0.717) is 6.07 Å². The number of benzene rings is 1. The van der Waals surface area contributed by atoms with E-state index in [2.05, 4.69) is 11.9 Å². The first-order valence-electron chi connectivity index (χ1n) is 5.47. The van der Waals surface area contributed by atoms with Crippen LogP contribution in [0.25, 0.3) is 0 Å². The summed E-state index contributed by atoms with van der Waals surface area (Å²) >= 11 is 0. The maximum absolute atomic E-state index is 13.4. The van der Waals surface area contributed by atoms with Crippen LogP contribution in [0.15, 0.2) is 24.8 Å². The molecule has 0 aromatic heterocycles. The third-order valence-electron chi connectivity index (χ3n) is 2.50. The van der Waals surface area contributed by atoms with Crippen LogP contribution in [0, 0.1) is 18.6 Å². The smallest absolute Gasteiger partial charge is 0.326 e. The highest BCUT2D eigenvalue weighted by atomic mass is 19.1. The quantitative estimate of drug-likeness (QED) is 0.804. The zero-order valence-electron chi connectivity index (χ0n) is 10.2. The fourth-order valence-corrected chi connectivity index (χ4v) is 1.46. The predicted octanol–water partition coefficient (Wildman–Crippen LogP) is 2.03. The van der Waals surface area contributed by atoms with Crippen LogP contribution in [0.4, 0.5) is 8.78 Å². The van der Waals surface area contributed by atoms with Crippen molar-refractivity contribution >= 4 is 11.9 Å². The average Bonchev–Trinajstić information content (AvgIpc) is 2.32. The summed E-state index contributed by atoms with van der Waals surface area (Å²) in [6, 6.07) is 0.426. The van der Waals surface area contributed by atoms with Gasteiger partial charge in [0.25, 0.3) is 5.91 Å². The fraction of sp³-hybridized carbons (Fsp3) is 0.231. The number of carboxylic acids is 1. The van der Waals surface area contributed by atoms with Gasteiger partial charge in [-0.05, 0) is 25.0 Å². The van der Waals surface area contributed by atoms with Crippen molar-refractivity contribution in [2.24, 2.45) is 0 Å². The second-order valence-electron chi connectivity index (χ2n) is 3.97. The number of hydrogen-bond donors (Lipinski definition) is 2. The van der Waals surface area contributed by atoms with E-state index in [0.717, 1.165) is 6.07 Å². The average molecular weight is 269 g/mol. The molecule has 1 unspecified atom stereocenters. The zero-order valence-corrected chi connectivity index (χ0v) is 10.2. The van der Waals surface area contributed by atoms with Crippen LogP contribution in [0.1, 0.15) is 22.3 Å². The standard InChI is InChI=1S/C13H13F2NO3/c1-3-4-11(13(18)19)16-12(17)8-5-7(2)9(14)6-10(8)15/h3,5-6,11H,1,4H2,2H3,(H,16,17)(H,18,19). The molecular weight excluding hydrogens is 256 g/mol. The molecule has 1 aromatic rings. The molecule has 0 spiro atoms. The van der Waals surface area contributed by atoms with Crippen LogP contribution in [0.2, 0.25) is 0 Å². The zero-order chi connectivity index (χ0) is 14.6. The first-order chi connectivity index (χ1) is 8.86. The third kappa shape index (κ3) is 3.61. The van der Waals surface area contributed by atoms with Crippen molar-refractivity contribution in [1.82, 2.24) is 5.32 Å². The van der Waals surface area contributed by atoms with Crippen molar-refractivity contribution < 1.29 is 23.5 Å². The van der Waals surface area contributed by atoms with Crippen LogP contribution < -0.4 is 5.32 Å². The van der Waals surface area contributed by atoms with Gasteiger partial charge >= 0.3 is 5.97 Å². The van der Waals surface area contributed by atoms with Gasteiger partial charge in [-0.15, -0.1) is 6.58 Å². The third-order valence-corrected chi connectivity index (χ3v) is 2.50. The van der Waals surface area contributed by atoms with Gasteiger partial charge in [-0.3, -0.25) is 4.79 Å². The van der Waals surface area contributed by atoms with Gasteiger partial charge in [0.15, 0.2) is 0 Å². The number of carbonyl (C=O) groups is 2. The number of rotatable bonds is 5. The Morgan fingerprint density at radius 2 is 2.05 bits per heavy atom. The minimum Gasteiger partial charge on any atom is -0.480 e. The van der Waals surface area contributed by atoms with Gasteiger partial charge in [0.2, 0.25) is 0 Å². The summed E-state index contributed by atoms with van der Waals surface area (Å²) in [5, 5.41) is 11.0. The Kier molecular flexibility index (Phi) is 4.74. The van der Waals surface area contributed by atoms with E-state index in [1.54, 1.807) is 0 Å². The largest absolute Gasteiger partial charge is 0.480 e. The van der Waals surface area contributed by atoms with Crippen molar-refractivity contribution in [1.29, 1.82) is 0 Å². The Morgan fingerprint density at radius 3 is 2.58 bits per heavy atom. The van der Waals surface area contributed by atoms with E-state index in [9.17, 15) is 18.4 Å². The number of aliphatic carboxylic acids is 1. The summed E-state index contributed by atoms with van der Waals surface area (Å²) in [5.41, 5.74) is -0.295. The van der Waals surface area contributed by atoms with Crippen LogP contribution in [0.3, 0.4) is 0 Å². The van der Waals surface area contributed by atoms with Crippen molar-refractivity contribution in [2.45, 2.75) is 19.4 Å². The summed E-state index contributed by atoms with van der Waals surface area (Å²) < 4.78 is 26.5. The molecule has 0 saturated carbocycles. The van der Waals surface area contributed by atoms with Crippen LogP contribution >= 0.6 is 0 Å². The Balaban J connectivity index is 2.97. The number of aryl methyl sites for hydroxylation is 1. The maximum atomic E-state index is 13.4. The molecule has 19 heavy (non-hydrogen) atoms. The lowest BCUT2D eigenvalue weighted by atomic mass is 10.1. The highest BCUT2D eigenvalue weighted by molar-refractivity contribution is 5.97. The molecule has 1 amide bonds. The Bertz CT molecular complexity index is 529. The minimum absolute atomic E-state index is 0.00285. The molecule has 0 aliphatic carbocycles. The van der Waals surface area contributed by atoms with E-state index in [1.807, 2.05) is 0 Å². The lowest BCUT2D eigenvalue weighted by molar-refractivity contribution is -0.139. The first kappa shape index (κ1) is 14.8.